The molecular weight excluding hydrogens is 364 g/mol. The number of imide groups is 1. The van der Waals surface area contributed by atoms with Gasteiger partial charge in [0.15, 0.2) is 0 Å². The maximum absolute atomic E-state index is 12.1. The number of carbonyl (C=O) groups excluding carboxylic acids is 2. The maximum atomic E-state index is 12.1. The molecule has 2 aromatic carbocycles. The number of aromatic nitrogens is 1. The summed E-state index contributed by atoms with van der Waals surface area (Å²) in [6, 6.07) is 18.8. The van der Waals surface area contributed by atoms with E-state index in [0.717, 1.165) is 43.4 Å². The van der Waals surface area contributed by atoms with E-state index in [1.165, 1.54) is 5.56 Å². The molecule has 6 nitrogen and oxygen atoms in total. The van der Waals surface area contributed by atoms with Gasteiger partial charge in [-0.15, -0.1) is 0 Å². The molecule has 0 atom stereocenters. The van der Waals surface area contributed by atoms with Gasteiger partial charge < -0.3 is 5.32 Å². The molecule has 1 aromatic heterocycles. The number of pyridine rings is 1. The summed E-state index contributed by atoms with van der Waals surface area (Å²) in [6.07, 6.45) is 3.54. The van der Waals surface area contributed by atoms with Gasteiger partial charge in [-0.25, -0.2) is 4.79 Å². The van der Waals surface area contributed by atoms with E-state index >= 15 is 0 Å². The van der Waals surface area contributed by atoms with Crippen LogP contribution in [-0.4, -0.2) is 41.0 Å². The summed E-state index contributed by atoms with van der Waals surface area (Å²) < 4.78 is 0. The lowest BCUT2D eigenvalue weighted by molar-refractivity contribution is 0.0961. The largest absolute Gasteiger partial charge is 0.335 e. The molecule has 0 bridgehead atoms. The summed E-state index contributed by atoms with van der Waals surface area (Å²) in [4.78, 5) is 30.9. The molecule has 1 saturated heterocycles. The van der Waals surface area contributed by atoms with Gasteiger partial charge >= 0.3 is 6.03 Å². The summed E-state index contributed by atoms with van der Waals surface area (Å²) in [5.74, 6) is -0.383. The van der Waals surface area contributed by atoms with Crippen molar-refractivity contribution in [1.82, 2.24) is 20.5 Å². The van der Waals surface area contributed by atoms with Crippen LogP contribution in [-0.2, 0) is 6.54 Å². The first-order valence-electron chi connectivity index (χ1n) is 9.90. The number of hydrogen-bond acceptors (Lipinski definition) is 4. The van der Waals surface area contributed by atoms with Crippen LogP contribution in [0.2, 0.25) is 0 Å². The third-order valence-electron chi connectivity index (χ3n) is 5.26. The molecule has 2 heterocycles. The Labute approximate surface area is 169 Å². The summed E-state index contributed by atoms with van der Waals surface area (Å²) in [7, 11) is 0. The lowest BCUT2D eigenvalue weighted by Gasteiger charge is -2.32. The Hall–Kier alpha value is -3.25. The van der Waals surface area contributed by atoms with Crippen LogP contribution in [0.3, 0.4) is 0 Å². The van der Waals surface area contributed by atoms with Crippen LogP contribution in [0.5, 0.6) is 0 Å². The number of nitrogens with zero attached hydrogens (tertiary/aromatic N) is 2. The van der Waals surface area contributed by atoms with E-state index in [-0.39, 0.29) is 11.9 Å². The third-order valence-corrected chi connectivity index (χ3v) is 5.26. The number of amides is 3. The Morgan fingerprint density at radius 3 is 2.59 bits per heavy atom. The molecule has 29 heavy (non-hydrogen) atoms. The van der Waals surface area contributed by atoms with E-state index in [2.05, 4.69) is 44.8 Å². The monoisotopic (exact) mass is 388 g/mol. The maximum Gasteiger partial charge on any atom is 0.321 e. The van der Waals surface area contributed by atoms with Gasteiger partial charge in [0, 0.05) is 42.8 Å². The predicted octanol–water partition coefficient (Wildman–Crippen LogP) is 3.34. The molecular formula is C23H24N4O2. The SMILES string of the molecule is O=C(NC(=O)c1ccccc1)NC1CCN(Cc2ccc3ncccc3c2)CC1. The number of nitrogens with one attached hydrogen (secondary N) is 2. The highest BCUT2D eigenvalue weighted by Crippen LogP contribution is 2.17. The first kappa shape index (κ1) is 19.1. The standard InChI is InChI=1S/C23H24N4O2/c28-22(18-5-2-1-3-6-18)26-23(29)25-20-10-13-27(14-11-20)16-17-8-9-21-19(15-17)7-4-12-24-21/h1-9,12,15,20H,10-11,13-14,16H2,(H2,25,26,28,29). The van der Waals surface area contributed by atoms with Gasteiger partial charge in [-0.3, -0.25) is 20.0 Å². The second kappa shape index (κ2) is 8.84. The van der Waals surface area contributed by atoms with Crippen molar-refractivity contribution in [3.05, 3.63) is 78.0 Å². The fraction of sp³-hybridized carbons (Fsp3) is 0.261. The normalized spacial score (nSPS) is 15.2. The highest BCUT2D eigenvalue weighted by atomic mass is 16.2. The summed E-state index contributed by atoms with van der Waals surface area (Å²) >= 11 is 0. The summed E-state index contributed by atoms with van der Waals surface area (Å²) in [5, 5.41) is 6.48. The van der Waals surface area contributed by atoms with Crippen LogP contribution in [0.15, 0.2) is 66.9 Å². The zero-order valence-corrected chi connectivity index (χ0v) is 16.2. The Morgan fingerprint density at radius 1 is 1.00 bits per heavy atom. The molecule has 0 radical (unpaired) electrons. The summed E-state index contributed by atoms with van der Waals surface area (Å²) in [5.41, 5.74) is 2.75. The van der Waals surface area contributed by atoms with Crippen molar-refractivity contribution >= 4 is 22.8 Å². The second-order valence-electron chi connectivity index (χ2n) is 7.37. The van der Waals surface area contributed by atoms with Gasteiger partial charge in [0.05, 0.1) is 5.52 Å². The molecule has 1 aliphatic rings. The zero-order chi connectivity index (χ0) is 20.1. The molecule has 6 heteroatoms. The van der Waals surface area contributed by atoms with Gasteiger partial charge in [-0.05, 0) is 48.7 Å². The van der Waals surface area contributed by atoms with Crippen molar-refractivity contribution in [2.45, 2.75) is 25.4 Å². The van der Waals surface area contributed by atoms with Crippen LogP contribution in [0.4, 0.5) is 4.79 Å². The van der Waals surface area contributed by atoms with Crippen LogP contribution in [0.25, 0.3) is 10.9 Å². The van der Waals surface area contributed by atoms with Crippen LogP contribution in [0, 0.1) is 0 Å². The molecule has 0 aliphatic carbocycles. The number of rotatable bonds is 4. The van der Waals surface area contributed by atoms with Gasteiger partial charge in [-0.1, -0.05) is 30.3 Å². The topological polar surface area (TPSA) is 74.3 Å². The Kier molecular flexibility index (Phi) is 5.81. The van der Waals surface area contributed by atoms with E-state index in [1.807, 2.05) is 18.3 Å². The Morgan fingerprint density at radius 2 is 1.79 bits per heavy atom. The van der Waals surface area contributed by atoms with Crippen LogP contribution >= 0.6 is 0 Å². The number of fused-ring (bicyclic) bond motifs is 1. The predicted molar refractivity (Wildman–Crippen MR) is 112 cm³/mol. The average Bonchev–Trinajstić information content (AvgIpc) is 2.75. The van der Waals surface area contributed by atoms with Crippen LogP contribution in [0.1, 0.15) is 28.8 Å². The molecule has 0 saturated carbocycles. The molecule has 3 aromatic rings. The molecule has 4 rings (SSSR count). The molecule has 3 amide bonds. The second-order valence-corrected chi connectivity index (χ2v) is 7.37. The van der Waals surface area contributed by atoms with E-state index in [9.17, 15) is 9.59 Å². The number of urea groups is 1. The van der Waals surface area contributed by atoms with Gasteiger partial charge in [0.2, 0.25) is 0 Å². The molecule has 2 N–H and O–H groups in total. The van der Waals surface area contributed by atoms with E-state index in [4.69, 9.17) is 0 Å². The summed E-state index contributed by atoms with van der Waals surface area (Å²) in [6.45, 7) is 2.70. The van der Waals surface area contributed by atoms with Gasteiger partial charge in [0.1, 0.15) is 0 Å². The van der Waals surface area contributed by atoms with Crippen molar-refractivity contribution in [2.24, 2.45) is 0 Å². The lowest BCUT2D eigenvalue weighted by atomic mass is 10.0. The highest BCUT2D eigenvalue weighted by molar-refractivity contribution is 6.04. The van der Waals surface area contributed by atoms with Crippen molar-refractivity contribution < 1.29 is 9.59 Å². The Bertz CT molecular complexity index is 998. The van der Waals surface area contributed by atoms with Crippen molar-refractivity contribution in [2.75, 3.05) is 13.1 Å². The first-order chi connectivity index (χ1) is 14.2. The fourth-order valence-corrected chi connectivity index (χ4v) is 3.70. The third kappa shape index (κ3) is 4.97. The van der Waals surface area contributed by atoms with Gasteiger partial charge in [0.25, 0.3) is 5.91 Å². The highest BCUT2D eigenvalue weighted by Gasteiger charge is 2.21. The smallest absolute Gasteiger partial charge is 0.321 e. The lowest BCUT2D eigenvalue weighted by Crippen LogP contribution is -2.49. The zero-order valence-electron chi connectivity index (χ0n) is 16.2. The first-order valence-corrected chi connectivity index (χ1v) is 9.90. The number of benzene rings is 2. The van der Waals surface area contributed by atoms with E-state index in [1.54, 1.807) is 24.3 Å². The van der Waals surface area contributed by atoms with E-state index < -0.39 is 6.03 Å². The Balaban J connectivity index is 1.24. The number of piperidine rings is 1. The molecule has 148 valence electrons. The number of hydrogen-bond donors (Lipinski definition) is 2. The molecule has 0 spiro atoms. The van der Waals surface area contributed by atoms with Gasteiger partial charge in [-0.2, -0.15) is 0 Å². The minimum Gasteiger partial charge on any atom is -0.335 e. The number of likely N-dealkylation sites (tertiary alicyclic amines) is 1. The molecule has 0 unspecified atom stereocenters. The van der Waals surface area contributed by atoms with E-state index in [0.29, 0.717) is 5.56 Å². The van der Waals surface area contributed by atoms with Crippen molar-refractivity contribution in [3.8, 4) is 0 Å². The van der Waals surface area contributed by atoms with Crippen LogP contribution < -0.4 is 10.6 Å². The minimum atomic E-state index is -0.431. The van der Waals surface area contributed by atoms with Crippen molar-refractivity contribution in [1.29, 1.82) is 0 Å². The van der Waals surface area contributed by atoms with Crippen molar-refractivity contribution in [3.63, 3.8) is 0 Å². The minimum absolute atomic E-state index is 0.0793. The fourth-order valence-electron chi connectivity index (χ4n) is 3.70. The number of carbonyl (C=O) groups is 2. The molecule has 1 aliphatic heterocycles. The average molecular weight is 388 g/mol. The quantitative estimate of drug-likeness (QED) is 0.719. The molecule has 1 fully saturated rings.